The van der Waals surface area contributed by atoms with Gasteiger partial charge in [-0.3, -0.25) is 4.90 Å². The van der Waals surface area contributed by atoms with Gasteiger partial charge in [-0.1, -0.05) is 18.2 Å². The van der Waals surface area contributed by atoms with E-state index < -0.39 is 0 Å². The molecule has 0 aliphatic carbocycles. The Hall–Kier alpha value is -0.900. The first-order valence-corrected chi connectivity index (χ1v) is 6.05. The van der Waals surface area contributed by atoms with Gasteiger partial charge in [-0.15, -0.1) is 0 Å². The highest BCUT2D eigenvalue weighted by molar-refractivity contribution is 5.29. The summed E-state index contributed by atoms with van der Waals surface area (Å²) >= 11 is 0. The number of hydrogen-bond acceptors (Lipinski definition) is 3. The number of nitrogens with zero attached hydrogens (tertiary/aromatic N) is 1. The molecule has 3 heteroatoms. The Labute approximate surface area is 104 Å². The van der Waals surface area contributed by atoms with Crippen LogP contribution in [0.2, 0.25) is 0 Å². The molecule has 1 rings (SSSR count). The van der Waals surface area contributed by atoms with E-state index >= 15 is 0 Å². The van der Waals surface area contributed by atoms with E-state index in [1.165, 1.54) is 16.7 Å². The summed E-state index contributed by atoms with van der Waals surface area (Å²) in [4.78, 5) is 2.20. The predicted molar refractivity (Wildman–Crippen MR) is 70.2 cm³/mol. The summed E-state index contributed by atoms with van der Waals surface area (Å²) in [6, 6.07) is 6.52. The van der Waals surface area contributed by atoms with Crippen molar-refractivity contribution in [2.24, 2.45) is 0 Å². The summed E-state index contributed by atoms with van der Waals surface area (Å²) in [6.45, 7) is 7.55. The van der Waals surface area contributed by atoms with Gasteiger partial charge in [-0.05, 0) is 30.5 Å². The fourth-order valence-corrected chi connectivity index (χ4v) is 1.79. The minimum atomic E-state index is 0.189. The molecule has 0 spiro atoms. The molecule has 0 amide bonds. The minimum absolute atomic E-state index is 0.189. The van der Waals surface area contributed by atoms with Gasteiger partial charge in [-0.25, -0.2) is 0 Å². The molecule has 3 nitrogen and oxygen atoms in total. The van der Waals surface area contributed by atoms with Gasteiger partial charge in [-0.2, -0.15) is 0 Å². The molecule has 1 aromatic carbocycles. The van der Waals surface area contributed by atoms with Crippen molar-refractivity contribution in [2.45, 2.75) is 20.4 Å². The smallest absolute Gasteiger partial charge is 0.0589 e. The highest BCUT2D eigenvalue weighted by Gasteiger charge is 2.05. The average Bonchev–Trinajstić information content (AvgIpc) is 2.31. The van der Waals surface area contributed by atoms with Crippen LogP contribution in [0, 0.1) is 13.8 Å². The van der Waals surface area contributed by atoms with E-state index in [-0.39, 0.29) is 6.61 Å². The molecule has 0 fully saturated rings. The maximum absolute atomic E-state index is 9.03. The summed E-state index contributed by atoms with van der Waals surface area (Å²) in [6.07, 6.45) is 0. The second-order valence-electron chi connectivity index (χ2n) is 4.41. The van der Waals surface area contributed by atoms with Crippen LogP contribution in [0.25, 0.3) is 0 Å². The van der Waals surface area contributed by atoms with E-state index in [0.29, 0.717) is 13.2 Å². The van der Waals surface area contributed by atoms with Crippen molar-refractivity contribution in [1.82, 2.24) is 4.90 Å². The van der Waals surface area contributed by atoms with Crippen LogP contribution < -0.4 is 0 Å². The van der Waals surface area contributed by atoms with Crippen LogP contribution in [0.3, 0.4) is 0 Å². The van der Waals surface area contributed by atoms with Gasteiger partial charge in [0.1, 0.15) is 0 Å². The Morgan fingerprint density at radius 3 is 2.53 bits per heavy atom. The maximum Gasteiger partial charge on any atom is 0.0589 e. The first kappa shape index (κ1) is 14.2. The lowest BCUT2D eigenvalue weighted by molar-refractivity contribution is 0.127. The minimum Gasteiger partial charge on any atom is -0.395 e. The molecule has 0 aliphatic heterocycles. The van der Waals surface area contributed by atoms with E-state index in [1.54, 1.807) is 7.11 Å². The molecule has 0 saturated heterocycles. The van der Waals surface area contributed by atoms with E-state index in [1.807, 2.05) is 0 Å². The monoisotopic (exact) mass is 237 g/mol. The molecule has 1 aromatic rings. The Balaban J connectivity index is 2.61. The molecule has 1 N–H and O–H groups in total. The average molecular weight is 237 g/mol. The third kappa shape index (κ3) is 4.86. The van der Waals surface area contributed by atoms with Crippen LogP contribution in [0.15, 0.2) is 18.2 Å². The Morgan fingerprint density at radius 2 is 1.94 bits per heavy atom. The molecule has 0 radical (unpaired) electrons. The molecule has 0 atom stereocenters. The zero-order valence-electron chi connectivity index (χ0n) is 11.1. The van der Waals surface area contributed by atoms with Gasteiger partial charge in [0.2, 0.25) is 0 Å². The van der Waals surface area contributed by atoms with Crippen molar-refractivity contribution < 1.29 is 9.84 Å². The molecular formula is C14H23NO2. The fraction of sp³-hybridized carbons (Fsp3) is 0.571. The SMILES string of the molecule is COCCN(CCO)Cc1ccc(C)c(C)c1. The molecule has 0 heterocycles. The molecule has 0 unspecified atom stereocenters. The number of aryl methyl sites for hydroxylation is 2. The maximum atomic E-state index is 9.03. The van der Waals surface area contributed by atoms with Gasteiger partial charge in [0.25, 0.3) is 0 Å². The second kappa shape index (κ2) is 7.43. The lowest BCUT2D eigenvalue weighted by Crippen LogP contribution is -2.29. The van der Waals surface area contributed by atoms with E-state index in [9.17, 15) is 0 Å². The highest BCUT2D eigenvalue weighted by Crippen LogP contribution is 2.11. The Kier molecular flexibility index (Phi) is 6.19. The lowest BCUT2D eigenvalue weighted by atomic mass is 10.1. The molecular weight excluding hydrogens is 214 g/mol. The van der Waals surface area contributed by atoms with Crippen molar-refractivity contribution in [3.63, 3.8) is 0 Å². The van der Waals surface area contributed by atoms with Crippen LogP contribution in [-0.2, 0) is 11.3 Å². The Bertz CT molecular complexity index is 339. The standard InChI is InChI=1S/C14H23NO2/c1-12-4-5-14(10-13(12)2)11-15(6-8-16)7-9-17-3/h4-5,10,16H,6-9,11H2,1-3H3. The molecule has 0 aliphatic rings. The van der Waals surface area contributed by atoms with Gasteiger partial charge < -0.3 is 9.84 Å². The third-order valence-corrected chi connectivity index (χ3v) is 3.01. The third-order valence-electron chi connectivity index (χ3n) is 3.01. The highest BCUT2D eigenvalue weighted by atomic mass is 16.5. The van der Waals surface area contributed by atoms with E-state index in [4.69, 9.17) is 9.84 Å². The number of hydrogen-bond donors (Lipinski definition) is 1. The normalized spacial score (nSPS) is 11.1. The van der Waals surface area contributed by atoms with Gasteiger partial charge in [0.15, 0.2) is 0 Å². The zero-order chi connectivity index (χ0) is 12.7. The summed E-state index contributed by atoms with van der Waals surface area (Å²) in [7, 11) is 1.70. The number of benzene rings is 1. The quantitative estimate of drug-likeness (QED) is 0.784. The number of aliphatic hydroxyl groups excluding tert-OH is 1. The fourth-order valence-electron chi connectivity index (χ4n) is 1.79. The van der Waals surface area contributed by atoms with Crippen molar-refractivity contribution in [3.8, 4) is 0 Å². The van der Waals surface area contributed by atoms with Gasteiger partial charge >= 0.3 is 0 Å². The zero-order valence-corrected chi connectivity index (χ0v) is 11.1. The molecule has 0 saturated carbocycles. The van der Waals surface area contributed by atoms with Gasteiger partial charge in [0, 0.05) is 26.7 Å². The molecule has 17 heavy (non-hydrogen) atoms. The van der Waals surface area contributed by atoms with Crippen LogP contribution in [0.5, 0.6) is 0 Å². The van der Waals surface area contributed by atoms with Crippen LogP contribution in [0.4, 0.5) is 0 Å². The summed E-state index contributed by atoms with van der Waals surface area (Å²) < 4.78 is 5.08. The number of aliphatic hydroxyl groups is 1. The first-order valence-electron chi connectivity index (χ1n) is 6.05. The van der Waals surface area contributed by atoms with Gasteiger partial charge in [0.05, 0.1) is 13.2 Å². The topological polar surface area (TPSA) is 32.7 Å². The number of rotatable bonds is 7. The van der Waals surface area contributed by atoms with Crippen molar-refractivity contribution in [2.75, 3.05) is 33.4 Å². The predicted octanol–water partition coefficient (Wildman–Crippen LogP) is 1.74. The molecule has 96 valence electrons. The van der Waals surface area contributed by atoms with Crippen LogP contribution >= 0.6 is 0 Å². The molecule has 0 aromatic heterocycles. The van der Waals surface area contributed by atoms with E-state index in [0.717, 1.165) is 13.1 Å². The summed E-state index contributed by atoms with van der Waals surface area (Å²) in [5.74, 6) is 0. The largest absolute Gasteiger partial charge is 0.395 e. The van der Waals surface area contributed by atoms with Crippen molar-refractivity contribution >= 4 is 0 Å². The van der Waals surface area contributed by atoms with Crippen molar-refractivity contribution in [1.29, 1.82) is 0 Å². The van der Waals surface area contributed by atoms with Crippen LogP contribution in [-0.4, -0.2) is 43.4 Å². The number of ether oxygens (including phenoxy) is 1. The number of methoxy groups -OCH3 is 1. The Morgan fingerprint density at radius 1 is 1.18 bits per heavy atom. The lowest BCUT2D eigenvalue weighted by Gasteiger charge is -2.21. The first-order chi connectivity index (χ1) is 8.17. The van der Waals surface area contributed by atoms with E-state index in [2.05, 4.69) is 36.9 Å². The van der Waals surface area contributed by atoms with Crippen LogP contribution in [0.1, 0.15) is 16.7 Å². The molecule has 0 bridgehead atoms. The summed E-state index contributed by atoms with van der Waals surface area (Å²) in [5, 5.41) is 9.03. The van der Waals surface area contributed by atoms with Crippen molar-refractivity contribution in [3.05, 3.63) is 34.9 Å². The second-order valence-corrected chi connectivity index (χ2v) is 4.41. The summed E-state index contributed by atoms with van der Waals surface area (Å²) in [5.41, 5.74) is 3.93.